The van der Waals surface area contributed by atoms with Gasteiger partial charge in [0.25, 0.3) is 0 Å². The van der Waals surface area contributed by atoms with E-state index in [2.05, 4.69) is 41.2 Å². The van der Waals surface area contributed by atoms with Crippen LogP contribution in [-0.4, -0.2) is 31.6 Å². The maximum absolute atomic E-state index is 4.47. The van der Waals surface area contributed by atoms with Gasteiger partial charge in [0, 0.05) is 23.9 Å². The molecule has 8 heteroatoms. The fraction of sp³-hybridized carbons (Fsp3) is 0.0909. The molecule has 0 radical (unpaired) electrons. The summed E-state index contributed by atoms with van der Waals surface area (Å²) < 4.78 is 2.72. The molecule has 6 nitrogen and oxygen atoms in total. The van der Waals surface area contributed by atoms with Crippen molar-refractivity contribution in [2.45, 2.75) is 0 Å². The number of aromatic nitrogens is 5. The number of imidazole rings is 1. The molecule has 0 unspecified atom stereocenters. The molecule has 1 N–H and O–H groups in total. The second-order valence-electron chi connectivity index (χ2n) is 3.60. The van der Waals surface area contributed by atoms with Gasteiger partial charge in [-0.05, 0) is 27.4 Å². The summed E-state index contributed by atoms with van der Waals surface area (Å²) in [6.45, 7) is 0. The van der Waals surface area contributed by atoms with Gasteiger partial charge in [-0.2, -0.15) is 15.0 Å². The molecule has 3 heterocycles. The molecule has 3 aromatic heterocycles. The summed E-state index contributed by atoms with van der Waals surface area (Å²) in [4.78, 5) is 18.1. The van der Waals surface area contributed by atoms with Crippen molar-refractivity contribution in [2.75, 3.05) is 12.4 Å². The number of hydrogen-bond acceptors (Lipinski definition) is 6. The largest absolute Gasteiger partial charge is 0.357 e. The van der Waals surface area contributed by atoms with Crippen LogP contribution in [-0.2, 0) is 0 Å². The van der Waals surface area contributed by atoms with Crippen molar-refractivity contribution >= 4 is 33.2 Å². The molecule has 96 valence electrons. The monoisotopic (exact) mass is 336 g/mol. The molecule has 3 rings (SSSR count). The third-order valence-electron chi connectivity index (χ3n) is 2.40. The first-order valence-electron chi connectivity index (χ1n) is 5.43. The Morgan fingerprint density at radius 1 is 1.32 bits per heavy atom. The Balaban J connectivity index is 2.16. The summed E-state index contributed by atoms with van der Waals surface area (Å²) in [6, 6.07) is 1.97. The molecule has 0 aromatic carbocycles. The average Bonchev–Trinajstić information content (AvgIpc) is 3.09. The lowest BCUT2D eigenvalue weighted by molar-refractivity contribution is 0.903. The van der Waals surface area contributed by atoms with Crippen LogP contribution in [0.3, 0.4) is 0 Å². The summed E-state index contributed by atoms with van der Waals surface area (Å²) in [5.41, 5.74) is 0. The third-order valence-corrected chi connectivity index (χ3v) is 4.24. The van der Waals surface area contributed by atoms with Crippen molar-refractivity contribution in [3.05, 3.63) is 34.6 Å². The topological polar surface area (TPSA) is 68.5 Å². The molecular formula is C11H9BrN6S. The minimum absolute atomic E-state index is 0.522. The lowest BCUT2D eigenvalue weighted by atomic mass is 10.4. The summed E-state index contributed by atoms with van der Waals surface area (Å²) >= 11 is 5.07. The van der Waals surface area contributed by atoms with Crippen LogP contribution in [0.25, 0.3) is 16.6 Å². The van der Waals surface area contributed by atoms with E-state index in [1.165, 1.54) is 0 Å². The molecule has 19 heavy (non-hydrogen) atoms. The van der Waals surface area contributed by atoms with Crippen LogP contribution in [0.2, 0.25) is 0 Å². The molecule has 0 atom stereocenters. The molecule has 0 aliphatic carbocycles. The first-order chi connectivity index (χ1) is 9.28. The lowest BCUT2D eigenvalue weighted by Gasteiger charge is -2.06. The van der Waals surface area contributed by atoms with E-state index in [-0.39, 0.29) is 0 Å². The molecule has 0 saturated carbocycles. The van der Waals surface area contributed by atoms with E-state index in [1.807, 2.05) is 11.4 Å². The van der Waals surface area contributed by atoms with Crippen molar-refractivity contribution < 1.29 is 0 Å². The van der Waals surface area contributed by atoms with Gasteiger partial charge in [-0.1, -0.05) is 0 Å². The highest BCUT2D eigenvalue weighted by Crippen LogP contribution is 2.31. The Morgan fingerprint density at radius 2 is 2.21 bits per heavy atom. The molecular weight excluding hydrogens is 328 g/mol. The molecule has 0 aliphatic heterocycles. The van der Waals surface area contributed by atoms with E-state index >= 15 is 0 Å². The van der Waals surface area contributed by atoms with Gasteiger partial charge in [-0.3, -0.25) is 4.57 Å². The molecule has 0 bridgehead atoms. The summed E-state index contributed by atoms with van der Waals surface area (Å²) in [7, 11) is 1.78. The van der Waals surface area contributed by atoms with Gasteiger partial charge >= 0.3 is 0 Å². The maximum atomic E-state index is 4.47. The highest BCUT2D eigenvalue weighted by atomic mass is 79.9. The van der Waals surface area contributed by atoms with Crippen molar-refractivity contribution in [3.63, 3.8) is 0 Å². The van der Waals surface area contributed by atoms with E-state index in [1.54, 1.807) is 41.7 Å². The Kier molecular flexibility index (Phi) is 3.26. The van der Waals surface area contributed by atoms with Crippen molar-refractivity contribution in [2.24, 2.45) is 0 Å². The van der Waals surface area contributed by atoms with Gasteiger partial charge < -0.3 is 5.32 Å². The summed E-state index contributed by atoms with van der Waals surface area (Å²) in [5.74, 6) is 1.69. The number of nitrogens with zero attached hydrogens (tertiary/aromatic N) is 5. The number of anilines is 1. The second-order valence-corrected chi connectivity index (χ2v) is 5.37. The quantitative estimate of drug-likeness (QED) is 0.796. The normalized spacial score (nSPS) is 10.6. The van der Waals surface area contributed by atoms with E-state index < -0.39 is 0 Å². The van der Waals surface area contributed by atoms with E-state index in [4.69, 9.17) is 0 Å². The summed E-state index contributed by atoms with van der Waals surface area (Å²) in [5, 5.41) is 4.93. The first kappa shape index (κ1) is 12.2. The number of hydrogen-bond donors (Lipinski definition) is 1. The molecule has 3 aromatic rings. The van der Waals surface area contributed by atoms with E-state index in [0.29, 0.717) is 17.7 Å². The third kappa shape index (κ3) is 2.36. The van der Waals surface area contributed by atoms with E-state index in [0.717, 1.165) is 9.35 Å². The first-order valence-corrected chi connectivity index (χ1v) is 7.10. The number of nitrogens with one attached hydrogen (secondary N) is 1. The van der Waals surface area contributed by atoms with Crippen molar-refractivity contribution in [1.29, 1.82) is 0 Å². The molecule has 0 saturated heterocycles. The Morgan fingerprint density at radius 3 is 2.84 bits per heavy atom. The van der Waals surface area contributed by atoms with Gasteiger partial charge in [-0.15, -0.1) is 11.3 Å². The summed E-state index contributed by atoms with van der Waals surface area (Å²) in [6.07, 6.45) is 5.13. The Labute approximate surface area is 121 Å². The SMILES string of the molecule is CNc1nc(-c2sccc2Br)nc(-n2ccnc2)n1. The maximum Gasteiger partial charge on any atom is 0.240 e. The van der Waals surface area contributed by atoms with Crippen molar-refractivity contribution in [1.82, 2.24) is 24.5 Å². The van der Waals surface area contributed by atoms with Crippen LogP contribution in [0.4, 0.5) is 5.95 Å². The minimum Gasteiger partial charge on any atom is -0.357 e. The van der Waals surface area contributed by atoms with Gasteiger partial charge in [0.2, 0.25) is 11.9 Å². The molecule has 0 amide bonds. The zero-order valence-electron chi connectivity index (χ0n) is 9.91. The smallest absolute Gasteiger partial charge is 0.240 e. The Bertz CT molecular complexity index is 693. The number of thiophene rings is 1. The van der Waals surface area contributed by atoms with Crippen LogP contribution in [0.15, 0.2) is 34.6 Å². The van der Waals surface area contributed by atoms with Crippen LogP contribution in [0, 0.1) is 0 Å². The second kappa shape index (κ2) is 5.06. The lowest BCUT2D eigenvalue weighted by Crippen LogP contribution is -2.06. The predicted molar refractivity (Wildman–Crippen MR) is 77.5 cm³/mol. The minimum atomic E-state index is 0.522. The standard InChI is InChI=1S/C11H9BrN6S/c1-13-10-15-9(8-7(12)2-5-19-8)16-11(17-10)18-4-3-14-6-18/h2-6H,1H3,(H,13,15,16,17). The molecule has 0 aliphatic rings. The zero-order chi connectivity index (χ0) is 13.2. The molecule has 0 fully saturated rings. The zero-order valence-corrected chi connectivity index (χ0v) is 12.3. The van der Waals surface area contributed by atoms with E-state index in [9.17, 15) is 0 Å². The fourth-order valence-electron chi connectivity index (χ4n) is 1.52. The Hall–Kier alpha value is -1.80. The average molecular weight is 337 g/mol. The highest BCUT2D eigenvalue weighted by Gasteiger charge is 2.12. The molecule has 0 spiro atoms. The highest BCUT2D eigenvalue weighted by molar-refractivity contribution is 9.10. The number of halogens is 1. The van der Waals surface area contributed by atoms with Crippen LogP contribution >= 0.6 is 27.3 Å². The van der Waals surface area contributed by atoms with Crippen molar-refractivity contribution in [3.8, 4) is 16.6 Å². The van der Waals surface area contributed by atoms with Gasteiger partial charge in [0.1, 0.15) is 6.33 Å². The predicted octanol–water partition coefficient (Wildman–Crippen LogP) is 2.59. The van der Waals surface area contributed by atoms with Crippen LogP contribution in [0.5, 0.6) is 0 Å². The van der Waals surface area contributed by atoms with Crippen LogP contribution in [0.1, 0.15) is 0 Å². The number of rotatable bonds is 3. The van der Waals surface area contributed by atoms with Gasteiger partial charge in [0.15, 0.2) is 5.82 Å². The van der Waals surface area contributed by atoms with Gasteiger partial charge in [-0.25, -0.2) is 4.98 Å². The van der Waals surface area contributed by atoms with Gasteiger partial charge in [0.05, 0.1) is 4.88 Å². The fourth-order valence-corrected chi connectivity index (χ4v) is 3.01. The van der Waals surface area contributed by atoms with Crippen LogP contribution < -0.4 is 5.32 Å².